The predicted molar refractivity (Wildman–Crippen MR) is 75.8 cm³/mol. The number of halogens is 4. The second-order valence-electron chi connectivity index (χ2n) is 4.89. The lowest BCUT2D eigenvalue weighted by atomic mass is 9.99. The van der Waals surface area contributed by atoms with Crippen LogP contribution >= 0.6 is 15.9 Å². The molecule has 0 amide bonds. The Labute approximate surface area is 120 Å². The van der Waals surface area contributed by atoms with Gasteiger partial charge in [-0.2, -0.15) is 13.2 Å². The first-order chi connectivity index (χ1) is 8.73. The Hall–Kier alpha value is -0.550. The molecule has 0 heterocycles. The number of nitrogens with zero attached hydrogens (tertiary/aromatic N) is 1. The predicted octanol–water partition coefficient (Wildman–Crippen LogP) is 4.37. The Morgan fingerprint density at radius 3 is 2.05 bits per heavy atom. The summed E-state index contributed by atoms with van der Waals surface area (Å²) in [4.78, 5) is 1.43. The minimum Gasteiger partial charge on any atom is -0.290 e. The maximum absolute atomic E-state index is 12.5. The molecule has 0 aromatic heterocycles. The molecule has 1 aromatic carbocycles. The summed E-state index contributed by atoms with van der Waals surface area (Å²) in [6, 6.07) is 4.03. The topological polar surface area (TPSA) is 3.24 Å². The lowest BCUT2D eigenvalue weighted by Crippen LogP contribution is -2.35. The highest BCUT2D eigenvalue weighted by Crippen LogP contribution is 2.22. The van der Waals surface area contributed by atoms with Crippen LogP contribution in [-0.4, -0.2) is 29.5 Å². The fourth-order valence-corrected chi connectivity index (χ4v) is 2.77. The summed E-state index contributed by atoms with van der Waals surface area (Å²) < 4.78 is 37.6. The summed E-state index contributed by atoms with van der Waals surface area (Å²) in [5.41, 5.74) is 4.25. The summed E-state index contributed by atoms with van der Waals surface area (Å²) in [5.74, 6) is 0. The monoisotopic (exact) mass is 337 g/mol. The Bertz CT molecular complexity index is 406. The largest absolute Gasteiger partial charge is 0.401 e. The van der Waals surface area contributed by atoms with Gasteiger partial charge >= 0.3 is 6.18 Å². The van der Waals surface area contributed by atoms with E-state index in [0.29, 0.717) is 18.4 Å². The first-order valence-corrected chi connectivity index (χ1v) is 7.27. The van der Waals surface area contributed by atoms with Crippen molar-refractivity contribution in [3.8, 4) is 0 Å². The molecule has 1 nitrogen and oxygen atoms in total. The number of rotatable bonds is 5. The smallest absolute Gasteiger partial charge is 0.290 e. The molecule has 0 saturated carbocycles. The van der Waals surface area contributed by atoms with Crippen LogP contribution in [0.25, 0.3) is 0 Å². The average Bonchev–Trinajstić information content (AvgIpc) is 2.21. The molecule has 5 heteroatoms. The molecule has 0 spiro atoms. The van der Waals surface area contributed by atoms with E-state index in [-0.39, 0.29) is 0 Å². The third-order valence-corrected chi connectivity index (χ3v) is 3.38. The van der Waals surface area contributed by atoms with Gasteiger partial charge in [0.2, 0.25) is 0 Å². The van der Waals surface area contributed by atoms with Gasteiger partial charge in [-0.05, 0) is 37.5 Å². The van der Waals surface area contributed by atoms with Gasteiger partial charge in [0.05, 0.1) is 6.54 Å². The zero-order valence-corrected chi connectivity index (χ0v) is 13.0. The second-order valence-corrected chi connectivity index (χ2v) is 5.69. The molecular formula is C14H19BrF3N. The van der Waals surface area contributed by atoms with E-state index in [1.807, 2.05) is 32.9 Å². The van der Waals surface area contributed by atoms with Gasteiger partial charge in [0.25, 0.3) is 0 Å². The van der Waals surface area contributed by atoms with Crippen molar-refractivity contribution < 1.29 is 13.2 Å². The van der Waals surface area contributed by atoms with Gasteiger partial charge < -0.3 is 0 Å². The molecule has 1 rings (SSSR count). The Morgan fingerprint density at radius 1 is 1.11 bits per heavy atom. The highest BCUT2D eigenvalue weighted by Gasteiger charge is 2.30. The van der Waals surface area contributed by atoms with Gasteiger partial charge in [-0.25, -0.2) is 0 Å². The van der Waals surface area contributed by atoms with Crippen molar-refractivity contribution in [2.24, 2.45) is 0 Å². The van der Waals surface area contributed by atoms with Gasteiger partial charge in [-0.3, -0.25) is 4.90 Å². The van der Waals surface area contributed by atoms with Crippen molar-refractivity contribution >= 4 is 15.9 Å². The molecule has 0 fully saturated rings. The van der Waals surface area contributed by atoms with Crippen molar-refractivity contribution in [1.82, 2.24) is 4.90 Å². The van der Waals surface area contributed by atoms with Gasteiger partial charge in [-0.1, -0.05) is 33.6 Å². The van der Waals surface area contributed by atoms with Crippen molar-refractivity contribution in [2.45, 2.75) is 33.5 Å². The Morgan fingerprint density at radius 2 is 1.63 bits per heavy atom. The van der Waals surface area contributed by atoms with E-state index in [1.165, 1.54) is 4.90 Å². The van der Waals surface area contributed by atoms with E-state index in [1.54, 1.807) is 0 Å². The molecule has 0 saturated heterocycles. The first-order valence-electron chi connectivity index (χ1n) is 6.14. The molecule has 1 aromatic rings. The van der Waals surface area contributed by atoms with Gasteiger partial charge in [0.1, 0.15) is 0 Å². The fourth-order valence-electron chi connectivity index (χ4n) is 2.27. The molecule has 0 radical (unpaired) electrons. The normalized spacial score (nSPS) is 12.2. The van der Waals surface area contributed by atoms with E-state index >= 15 is 0 Å². The third kappa shape index (κ3) is 5.53. The zero-order chi connectivity index (χ0) is 14.6. The SMILES string of the molecule is Cc1cc(C)c(CN(CCBr)CC(F)(F)F)c(C)c1. The van der Waals surface area contributed by atoms with Crippen molar-refractivity contribution in [1.29, 1.82) is 0 Å². The molecule has 0 aliphatic carbocycles. The number of hydrogen-bond donors (Lipinski definition) is 0. The van der Waals surface area contributed by atoms with E-state index in [4.69, 9.17) is 0 Å². The summed E-state index contributed by atoms with van der Waals surface area (Å²) in [6.45, 7) is 5.75. The van der Waals surface area contributed by atoms with Crippen molar-refractivity contribution in [3.05, 3.63) is 34.4 Å². The van der Waals surface area contributed by atoms with Crippen LogP contribution in [0.15, 0.2) is 12.1 Å². The molecule has 0 N–H and O–H groups in total. The number of aryl methyl sites for hydroxylation is 3. The minimum atomic E-state index is -4.16. The number of benzene rings is 1. The minimum absolute atomic E-state index is 0.336. The van der Waals surface area contributed by atoms with Crippen molar-refractivity contribution in [3.63, 3.8) is 0 Å². The molecule has 0 unspecified atom stereocenters. The van der Waals surface area contributed by atoms with E-state index < -0.39 is 12.7 Å². The van der Waals surface area contributed by atoms with Crippen LogP contribution in [-0.2, 0) is 6.54 Å². The maximum Gasteiger partial charge on any atom is 0.401 e. The molecule has 0 aliphatic heterocycles. The van der Waals surface area contributed by atoms with E-state index in [0.717, 1.165) is 22.3 Å². The van der Waals surface area contributed by atoms with Gasteiger partial charge in [-0.15, -0.1) is 0 Å². The van der Waals surface area contributed by atoms with Crippen molar-refractivity contribution in [2.75, 3.05) is 18.4 Å². The van der Waals surface area contributed by atoms with Crippen LogP contribution < -0.4 is 0 Å². The summed E-state index contributed by atoms with van der Waals surface area (Å²) >= 11 is 3.21. The molecule has 19 heavy (non-hydrogen) atoms. The third-order valence-electron chi connectivity index (χ3n) is 3.03. The average molecular weight is 338 g/mol. The van der Waals surface area contributed by atoms with Crippen LogP contribution in [0.3, 0.4) is 0 Å². The standard InChI is InChI=1S/C14H19BrF3N/c1-10-6-11(2)13(12(3)7-10)8-19(5-4-15)9-14(16,17)18/h6-7H,4-5,8-9H2,1-3H3. The highest BCUT2D eigenvalue weighted by molar-refractivity contribution is 9.09. The lowest BCUT2D eigenvalue weighted by molar-refractivity contribution is -0.146. The van der Waals surface area contributed by atoms with Crippen LogP contribution in [0.1, 0.15) is 22.3 Å². The van der Waals surface area contributed by atoms with Gasteiger partial charge in [0, 0.05) is 18.4 Å². The van der Waals surface area contributed by atoms with Gasteiger partial charge in [0.15, 0.2) is 0 Å². The summed E-state index contributed by atoms with van der Waals surface area (Å²) in [7, 11) is 0. The number of hydrogen-bond acceptors (Lipinski definition) is 1. The Balaban J connectivity index is 2.90. The molecule has 0 bridgehead atoms. The van der Waals surface area contributed by atoms with Crippen LogP contribution in [0, 0.1) is 20.8 Å². The molecular weight excluding hydrogens is 319 g/mol. The molecule has 0 aliphatic rings. The zero-order valence-electron chi connectivity index (χ0n) is 11.4. The maximum atomic E-state index is 12.5. The molecule has 108 valence electrons. The fraction of sp³-hybridized carbons (Fsp3) is 0.571. The van der Waals surface area contributed by atoms with E-state index in [9.17, 15) is 13.2 Å². The summed E-state index contributed by atoms with van der Waals surface area (Å²) in [6.07, 6.45) is -4.16. The lowest BCUT2D eigenvalue weighted by Gasteiger charge is -2.24. The second kappa shape index (κ2) is 6.75. The number of alkyl halides is 4. The quantitative estimate of drug-likeness (QED) is 0.721. The van der Waals surface area contributed by atoms with E-state index in [2.05, 4.69) is 15.9 Å². The van der Waals surface area contributed by atoms with Crippen LogP contribution in [0.4, 0.5) is 13.2 Å². The summed E-state index contributed by atoms with van der Waals surface area (Å²) in [5, 5.41) is 0.535. The Kier molecular flexibility index (Phi) is 5.86. The first kappa shape index (κ1) is 16.5. The van der Waals surface area contributed by atoms with Crippen LogP contribution in [0.2, 0.25) is 0 Å². The van der Waals surface area contributed by atoms with Crippen LogP contribution in [0.5, 0.6) is 0 Å². The highest BCUT2D eigenvalue weighted by atomic mass is 79.9. The molecule has 0 atom stereocenters.